The SMILES string of the molecule is CCN(CCC(=O)NCc1ccc2c(c1)OCO2)c1cccc(C)c1. The van der Waals surface area contributed by atoms with Crippen LogP contribution >= 0.6 is 0 Å². The van der Waals surface area contributed by atoms with Crippen LogP contribution in [0.15, 0.2) is 42.5 Å². The molecule has 25 heavy (non-hydrogen) atoms. The summed E-state index contributed by atoms with van der Waals surface area (Å²) in [5, 5.41) is 2.97. The van der Waals surface area contributed by atoms with E-state index >= 15 is 0 Å². The Labute approximate surface area is 148 Å². The van der Waals surface area contributed by atoms with Gasteiger partial charge >= 0.3 is 0 Å². The number of carbonyl (C=O) groups is 1. The highest BCUT2D eigenvalue weighted by Gasteiger charge is 2.13. The Morgan fingerprint density at radius 2 is 2.00 bits per heavy atom. The summed E-state index contributed by atoms with van der Waals surface area (Å²) >= 11 is 0. The number of rotatable bonds is 7. The van der Waals surface area contributed by atoms with E-state index in [-0.39, 0.29) is 12.7 Å². The number of benzene rings is 2. The number of fused-ring (bicyclic) bond motifs is 1. The number of anilines is 1. The van der Waals surface area contributed by atoms with Crippen LogP contribution in [-0.2, 0) is 11.3 Å². The molecule has 1 amide bonds. The van der Waals surface area contributed by atoms with Gasteiger partial charge < -0.3 is 19.7 Å². The van der Waals surface area contributed by atoms with Crippen molar-refractivity contribution in [2.24, 2.45) is 0 Å². The summed E-state index contributed by atoms with van der Waals surface area (Å²) in [4.78, 5) is 14.4. The highest BCUT2D eigenvalue weighted by Crippen LogP contribution is 2.32. The molecule has 5 heteroatoms. The number of hydrogen-bond donors (Lipinski definition) is 1. The van der Waals surface area contributed by atoms with Crippen molar-refractivity contribution in [2.45, 2.75) is 26.8 Å². The minimum Gasteiger partial charge on any atom is -0.454 e. The Kier molecular flexibility index (Phi) is 5.43. The van der Waals surface area contributed by atoms with Gasteiger partial charge in [0.25, 0.3) is 0 Å². The van der Waals surface area contributed by atoms with Gasteiger partial charge in [0.15, 0.2) is 11.5 Å². The van der Waals surface area contributed by atoms with E-state index in [4.69, 9.17) is 9.47 Å². The number of hydrogen-bond acceptors (Lipinski definition) is 4. The van der Waals surface area contributed by atoms with Crippen LogP contribution in [0.25, 0.3) is 0 Å². The average molecular weight is 340 g/mol. The Hall–Kier alpha value is -2.69. The molecule has 5 nitrogen and oxygen atoms in total. The number of aryl methyl sites for hydroxylation is 1. The Bertz CT molecular complexity index is 745. The Balaban J connectivity index is 1.49. The van der Waals surface area contributed by atoms with Gasteiger partial charge in [-0.15, -0.1) is 0 Å². The second kappa shape index (κ2) is 7.92. The van der Waals surface area contributed by atoms with Gasteiger partial charge in [-0.25, -0.2) is 0 Å². The number of nitrogens with zero attached hydrogens (tertiary/aromatic N) is 1. The molecule has 0 spiro atoms. The molecular formula is C20H24N2O3. The van der Waals surface area contributed by atoms with Crippen molar-refractivity contribution in [3.8, 4) is 11.5 Å². The maximum atomic E-state index is 12.2. The summed E-state index contributed by atoms with van der Waals surface area (Å²) in [6.07, 6.45) is 0.465. The summed E-state index contributed by atoms with van der Waals surface area (Å²) in [5.74, 6) is 1.54. The zero-order chi connectivity index (χ0) is 17.6. The maximum absolute atomic E-state index is 12.2. The standard InChI is InChI=1S/C20H24N2O3/c1-3-22(17-6-4-5-15(2)11-17)10-9-20(23)21-13-16-7-8-18-19(12-16)25-14-24-18/h4-8,11-12H,3,9-10,13-14H2,1-2H3,(H,21,23). The fourth-order valence-electron chi connectivity index (χ4n) is 2.87. The van der Waals surface area contributed by atoms with E-state index in [0.717, 1.165) is 29.3 Å². The third-order valence-corrected chi connectivity index (χ3v) is 4.28. The monoisotopic (exact) mass is 340 g/mol. The zero-order valence-corrected chi connectivity index (χ0v) is 14.7. The van der Waals surface area contributed by atoms with Crippen molar-refractivity contribution in [3.63, 3.8) is 0 Å². The second-order valence-electron chi connectivity index (χ2n) is 6.13. The first kappa shape index (κ1) is 17.1. The molecule has 0 bridgehead atoms. The fraction of sp³-hybridized carbons (Fsp3) is 0.350. The molecular weight excluding hydrogens is 316 g/mol. The predicted molar refractivity (Wildman–Crippen MR) is 98.1 cm³/mol. The molecule has 0 atom stereocenters. The van der Waals surface area contributed by atoms with Crippen LogP contribution in [0.5, 0.6) is 11.5 Å². The van der Waals surface area contributed by atoms with Crippen molar-refractivity contribution in [1.29, 1.82) is 0 Å². The molecule has 0 saturated carbocycles. The average Bonchev–Trinajstić information content (AvgIpc) is 3.08. The van der Waals surface area contributed by atoms with E-state index in [1.54, 1.807) is 0 Å². The molecule has 0 fully saturated rings. The van der Waals surface area contributed by atoms with Crippen LogP contribution in [0, 0.1) is 6.92 Å². The lowest BCUT2D eigenvalue weighted by molar-refractivity contribution is -0.121. The molecule has 1 N–H and O–H groups in total. The van der Waals surface area contributed by atoms with Crippen molar-refractivity contribution < 1.29 is 14.3 Å². The van der Waals surface area contributed by atoms with Gasteiger partial charge in [0.05, 0.1) is 0 Å². The first-order valence-corrected chi connectivity index (χ1v) is 8.62. The van der Waals surface area contributed by atoms with E-state index in [9.17, 15) is 4.79 Å². The fourth-order valence-corrected chi connectivity index (χ4v) is 2.87. The normalized spacial score (nSPS) is 12.1. The largest absolute Gasteiger partial charge is 0.454 e. The van der Waals surface area contributed by atoms with Crippen molar-refractivity contribution in [3.05, 3.63) is 53.6 Å². The van der Waals surface area contributed by atoms with E-state index in [2.05, 4.69) is 42.3 Å². The summed E-state index contributed by atoms with van der Waals surface area (Å²) in [6.45, 7) is 6.51. The van der Waals surface area contributed by atoms with Crippen molar-refractivity contribution in [2.75, 3.05) is 24.8 Å². The summed E-state index contributed by atoms with van der Waals surface area (Å²) in [7, 11) is 0. The van der Waals surface area contributed by atoms with E-state index in [1.165, 1.54) is 5.56 Å². The van der Waals surface area contributed by atoms with Crippen LogP contribution in [0.1, 0.15) is 24.5 Å². The van der Waals surface area contributed by atoms with E-state index < -0.39 is 0 Å². The summed E-state index contributed by atoms with van der Waals surface area (Å²) in [5.41, 5.74) is 3.39. The zero-order valence-electron chi connectivity index (χ0n) is 14.7. The van der Waals surface area contributed by atoms with Crippen molar-refractivity contribution >= 4 is 11.6 Å². The molecule has 3 rings (SSSR count). The minimum absolute atomic E-state index is 0.0452. The topological polar surface area (TPSA) is 50.8 Å². The number of carbonyl (C=O) groups excluding carboxylic acids is 1. The van der Waals surface area contributed by atoms with Gasteiger partial charge in [0.1, 0.15) is 0 Å². The smallest absolute Gasteiger partial charge is 0.231 e. The first-order chi connectivity index (χ1) is 12.2. The lowest BCUT2D eigenvalue weighted by Gasteiger charge is -2.23. The second-order valence-corrected chi connectivity index (χ2v) is 6.13. The molecule has 1 heterocycles. The first-order valence-electron chi connectivity index (χ1n) is 8.62. The van der Waals surface area contributed by atoms with Crippen LogP contribution < -0.4 is 19.7 Å². The summed E-state index contributed by atoms with van der Waals surface area (Å²) < 4.78 is 10.6. The predicted octanol–water partition coefficient (Wildman–Crippen LogP) is 3.26. The molecule has 0 aromatic heterocycles. The number of nitrogens with one attached hydrogen (secondary N) is 1. The Morgan fingerprint density at radius 3 is 2.80 bits per heavy atom. The molecule has 0 aliphatic carbocycles. The Morgan fingerprint density at radius 1 is 1.16 bits per heavy atom. The van der Waals surface area contributed by atoms with E-state index in [0.29, 0.717) is 19.5 Å². The van der Waals surface area contributed by atoms with Gasteiger partial charge in [0.2, 0.25) is 12.7 Å². The van der Waals surface area contributed by atoms with Gasteiger partial charge in [-0.3, -0.25) is 4.79 Å². The highest BCUT2D eigenvalue weighted by atomic mass is 16.7. The molecule has 0 radical (unpaired) electrons. The van der Waals surface area contributed by atoms with Crippen molar-refractivity contribution in [1.82, 2.24) is 5.32 Å². The lowest BCUT2D eigenvalue weighted by atomic mass is 10.2. The number of ether oxygens (including phenoxy) is 2. The van der Waals surface area contributed by atoms with Gasteiger partial charge in [0, 0.05) is 31.7 Å². The molecule has 1 aliphatic heterocycles. The third-order valence-electron chi connectivity index (χ3n) is 4.28. The lowest BCUT2D eigenvalue weighted by Crippen LogP contribution is -2.30. The molecule has 1 aliphatic rings. The van der Waals surface area contributed by atoms with Crippen LogP contribution in [0.3, 0.4) is 0 Å². The number of amides is 1. The highest BCUT2D eigenvalue weighted by molar-refractivity contribution is 5.76. The molecule has 0 saturated heterocycles. The van der Waals surface area contributed by atoms with Crippen LogP contribution in [0.4, 0.5) is 5.69 Å². The third kappa shape index (κ3) is 4.44. The van der Waals surface area contributed by atoms with Gasteiger partial charge in [-0.05, 0) is 49.2 Å². The van der Waals surface area contributed by atoms with Gasteiger partial charge in [-0.2, -0.15) is 0 Å². The van der Waals surface area contributed by atoms with Crippen LogP contribution in [-0.4, -0.2) is 25.8 Å². The molecule has 2 aromatic carbocycles. The molecule has 2 aromatic rings. The molecule has 0 unspecified atom stereocenters. The maximum Gasteiger partial charge on any atom is 0.231 e. The summed E-state index contributed by atoms with van der Waals surface area (Å²) in [6, 6.07) is 14.1. The van der Waals surface area contributed by atoms with E-state index in [1.807, 2.05) is 24.3 Å². The minimum atomic E-state index is 0.0452. The van der Waals surface area contributed by atoms with Crippen LogP contribution in [0.2, 0.25) is 0 Å². The van der Waals surface area contributed by atoms with Gasteiger partial charge in [-0.1, -0.05) is 18.2 Å². The quantitative estimate of drug-likeness (QED) is 0.840. The molecule has 132 valence electrons.